The number of hydrogen-bond donors (Lipinski definition) is 0. The van der Waals surface area contributed by atoms with Gasteiger partial charge in [0.05, 0.1) is 34.4 Å². The molecule has 0 amide bonds. The van der Waals surface area contributed by atoms with Gasteiger partial charge >= 0.3 is 5.97 Å². The lowest BCUT2D eigenvalue weighted by Crippen LogP contribution is -2.37. The van der Waals surface area contributed by atoms with Crippen molar-refractivity contribution in [2.45, 2.75) is 116 Å². The van der Waals surface area contributed by atoms with Gasteiger partial charge in [-0.3, -0.25) is 9.36 Å². The van der Waals surface area contributed by atoms with Crippen molar-refractivity contribution in [1.82, 2.24) is 0 Å². The minimum absolute atomic E-state index is 0.0289. The molecule has 0 aliphatic rings. The number of likely N-dealkylation sites (N-methyl/N-ethyl adjacent to an activating group) is 1. The Morgan fingerprint density at radius 1 is 0.750 bits per heavy atom. The van der Waals surface area contributed by atoms with Gasteiger partial charge in [-0.15, -0.1) is 0 Å². The van der Waals surface area contributed by atoms with Crippen LogP contribution < -0.4 is 4.89 Å². The number of phosphoric acid groups is 1. The first-order valence-corrected chi connectivity index (χ1v) is 15.7. The first kappa shape index (κ1) is 35.5. The van der Waals surface area contributed by atoms with E-state index in [4.69, 9.17) is 18.5 Å². The molecule has 0 rings (SSSR count). The van der Waals surface area contributed by atoms with Crippen LogP contribution in [-0.4, -0.2) is 70.7 Å². The molecule has 2 atom stereocenters. The van der Waals surface area contributed by atoms with E-state index in [2.05, 4.69) is 13.8 Å². The molecule has 0 aromatic rings. The maximum atomic E-state index is 12.2. The molecule has 0 fully saturated rings. The fourth-order valence-corrected chi connectivity index (χ4v) is 4.33. The Labute approximate surface area is 221 Å². The lowest BCUT2D eigenvalue weighted by atomic mass is 10.1. The average Bonchev–Trinajstić information content (AvgIpc) is 2.79. The fourth-order valence-electron chi connectivity index (χ4n) is 3.60. The number of quaternary nitrogens is 1. The molecular weight excluding hydrogens is 481 g/mol. The van der Waals surface area contributed by atoms with Gasteiger partial charge in [0.2, 0.25) is 0 Å². The zero-order chi connectivity index (χ0) is 27.1. The fraction of sp³-hybridized carbons (Fsp3) is 0.963. The van der Waals surface area contributed by atoms with E-state index in [1.807, 2.05) is 21.1 Å². The van der Waals surface area contributed by atoms with E-state index < -0.39 is 13.9 Å². The first-order chi connectivity index (χ1) is 17.1. The first-order valence-electron chi connectivity index (χ1n) is 14.3. The summed E-state index contributed by atoms with van der Waals surface area (Å²) in [6.07, 6.45) is 16.1. The van der Waals surface area contributed by atoms with E-state index in [0.29, 0.717) is 24.1 Å². The van der Waals surface area contributed by atoms with E-state index in [-0.39, 0.29) is 25.8 Å². The number of phosphoric ester groups is 1. The zero-order valence-electron chi connectivity index (χ0n) is 24.0. The number of esters is 1. The van der Waals surface area contributed by atoms with Gasteiger partial charge in [0.15, 0.2) is 0 Å². The Hall–Kier alpha value is -0.500. The molecule has 2 unspecified atom stereocenters. The Morgan fingerprint density at radius 3 is 1.83 bits per heavy atom. The molecule has 0 heterocycles. The van der Waals surface area contributed by atoms with Crippen molar-refractivity contribution < 1.29 is 37.3 Å². The van der Waals surface area contributed by atoms with E-state index in [1.54, 1.807) is 0 Å². The van der Waals surface area contributed by atoms with E-state index >= 15 is 0 Å². The van der Waals surface area contributed by atoms with Crippen molar-refractivity contribution in [3.05, 3.63) is 0 Å². The topological polar surface area (TPSA) is 94.1 Å². The molecule has 0 saturated carbocycles. The van der Waals surface area contributed by atoms with Crippen molar-refractivity contribution in [2.75, 3.05) is 54.1 Å². The van der Waals surface area contributed by atoms with Crippen LogP contribution in [0.1, 0.15) is 110 Å². The highest BCUT2D eigenvalue weighted by molar-refractivity contribution is 7.45. The van der Waals surface area contributed by atoms with Crippen LogP contribution >= 0.6 is 7.82 Å². The summed E-state index contributed by atoms with van der Waals surface area (Å²) in [5.74, 6) is -0.359. The molecule has 0 spiro atoms. The molecule has 0 bridgehead atoms. The highest BCUT2D eigenvalue weighted by Crippen LogP contribution is 2.38. The van der Waals surface area contributed by atoms with Crippen LogP contribution in [0.3, 0.4) is 0 Å². The van der Waals surface area contributed by atoms with Gasteiger partial charge in [-0.1, -0.05) is 90.9 Å². The number of unbranched alkanes of at least 4 members (excludes halogenated alkanes) is 12. The molecule has 9 heteroatoms. The van der Waals surface area contributed by atoms with Crippen LogP contribution in [0.5, 0.6) is 0 Å². The Morgan fingerprint density at radius 2 is 1.28 bits per heavy atom. The second-order valence-corrected chi connectivity index (χ2v) is 12.2. The Bertz CT molecular complexity index is 569. The molecule has 0 aromatic heterocycles. The lowest BCUT2D eigenvalue weighted by Gasteiger charge is -2.28. The van der Waals surface area contributed by atoms with Crippen molar-refractivity contribution in [2.24, 2.45) is 0 Å². The van der Waals surface area contributed by atoms with Crippen LogP contribution in [-0.2, 0) is 27.9 Å². The third kappa shape index (κ3) is 25.2. The number of ether oxygens (including phenoxy) is 2. The molecule has 36 heavy (non-hydrogen) atoms. The predicted molar refractivity (Wildman–Crippen MR) is 144 cm³/mol. The van der Waals surface area contributed by atoms with Crippen molar-refractivity contribution in [3.63, 3.8) is 0 Å². The molecule has 0 radical (unpaired) electrons. The number of hydrogen-bond acceptors (Lipinski definition) is 7. The summed E-state index contributed by atoms with van der Waals surface area (Å²) in [7, 11) is 1.36. The smallest absolute Gasteiger partial charge is 0.306 e. The lowest BCUT2D eigenvalue weighted by molar-refractivity contribution is -0.870. The number of carbonyl (C=O) groups excluding carboxylic acids is 1. The zero-order valence-corrected chi connectivity index (χ0v) is 24.9. The summed E-state index contributed by atoms with van der Waals surface area (Å²) in [4.78, 5) is 24.3. The third-order valence-corrected chi connectivity index (χ3v) is 6.87. The van der Waals surface area contributed by atoms with Gasteiger partial charge in [0.1, 0.15) is 19.3 Å². The van der Waals surface area contributed by atoms with Gasteiger partial charge in [-0.05, 0) is 12.8 Å². The van der Waals surface area contributed by atoms with Crippen LogP contribution in [0.2, 0.25) is 0 Å². The van der Waals surface area contributed by atoms with E-state index in [1.165, 1.54) is 57.8 Å². The highest BCUT2D eigenvalue weighted by atomic mass is 31.2. The minimum atomic E-state index is -4.48. The molecule has 216 valence electrons. The standard InChI is InChI=1S/C27H56NO7P/c1-6-8-10-11-12-13-14-15-16-17-19-22-32-24-26(35-27(29)20-18-9-7-2)25-34-36(30,31)33-23-21-28(3,4)5/h26H,6-25H2,1-5H3. The normalized spacial score (nSPS) is 14.5. The van der Waals surface area contributed by atoms with Gasteiger partial charge in [0, 0.05) is 13.0 Å². The quantitative estimate of drug-likeness (QED) is 0.0577. The highest BCUT2D eigenvalue weighted by Gasteiger charge is 2.20. The summed E-state index contributed by atoms with van der Waals surface area (Å²) in [6.45, 7) is 5.21. The third-order valence-electron chi connectivity index (χ3n) is 5.91. The molecule has 0 N–H and O–H groups in total. The molecular formula is C27H56NO7P. The monoisotopic (exact) mass is 537 g/mol. The summed E-state index contributed by atoms with van der Waals surface area (Å²) in [6, 6.07) is 0. The van der Waals surface area contributed by atoms with Crippen molar-refractivity contribution in [3.8, 4) is 0 Å². The van der Waals surface area contributed by atoms with Crippen LogP contribution in [0.15, 0.2) is 0 Å². The second kappa shape index (κ2) is 22.5. The maximum Gasteiger partial charge on any atom is 0.306 e. The molecule has 0 aromatic carbocycles. The number of carbonyl (C=O) groups is 1. The van der Waals surface area contributed by atoms with Crippen molar-refractivity contribution >= 4 is 13.8 Å². The average molecular weight is 538 g/mol. The summed E-state index contributed by atoms with van der Waals surface area (Å²) < 4.78 is 33.8. The predicted octanol–water partition coefficient (Wildman–Crippen LogP) is 6.01. The summed E-state index contributed by atoms with van der Waals surface area (Å²) in [5, 5.41) is 0. The molecule has 0 aliphatic heterocycles. The number of rotatable bonds is 26. The minimum Gasteiger partial charge on any atom is -0.756 e. The van der Waals surface area contributed by atoms with Crippen LogP contribution in [0.25, 0.3) is 0 Å². The number of nitrogens with zero attached hydrogens (tertiary/aromatic N) is 1. The van der Waals surface area contributed by atoms with Crippen LogP contribution in [0.4, 0.5) is 0 Å². The largest absolute Gasteiger partial charge is 0.756 e. The van der Waals surface area contributed by atoms with Gasteiger partial charge < -0.3 is 27.9 Å². The maximum absolute atomic E-state index is 12.2. The van der Waals surface area contributed by atoms with Gasteiger partial charge in [-0.25, -0.2) is 0 Å². The summed E-state index contributed by atoms with van der Waals surface area (Å²) in [5.41, 5.74) is 0. The van der Waals surface area contributed by atoms with Crippen molar-refractivity contribution in [1.29, 1.82) is 0 Å². The van der Waals surface area contributed by atoms with Crippen LogP contribution in [0, 0.1) is 0 Å². The van der Waals surface area contributed by atoms with E-state index in [9.17, 15) is 14.3 Å². The summed E-state index contributed by atoms with van der Waals surface area (Å²) >= 11 is 0. The Kier molecular flexibility index (Phi) is 22.2. The molecule has 8 nitrogen and oxygen atoms in total. The Balaban J connectivity index is 4.22. The van der Waals surface area contributed by atoms with Gasteiger partial charge in [-0.2, -0.15) is 0 Å². The van der Waals surface area contributed by atoms with Gasteiger partial charge in [0.25, 0.3) is 7.82 Å². The SMILES string of the molecule is CCCCCCCCCCCCCOCC(COP(=O)([O-])OCC[N+](C)(C)C)OC(=O)CCCCC. The molecule has 0 saturated heterocycles. The van der Waals surface area contributed by atoms with E-state index in [0.717, 1.165) is 32.1 Å². The molecule has 0 aliphatic carbocycles. The second-order valence-electron chi connectivity index (χ2n) is 10.8.